The number of ether oxygens (including phenoxy) is 2. The predicted octanol–water partition coefficient (Wildman–Crippen LogP) is 5.17. The lowest BCUT2D eigenvalue weighted by atomic mass is 9.99. The number of hydrogen-bond donors (Lipinski definition) is 1. The highest BCUT2D eigenvalue weighted by Gasteiger charge is 2.17. The van der Waals surface area contributed by atoms with Gasteiger partial charge in [0.25, 0.3) is 5.91 Å². The maximum atomic E-state index is 12.8. The lowest BCUT2D eigenvalue weighted by molar-refractivity contribution is 0.102. The van der Waals surface area contributed by atoms with Gasteiger partial charge in [-0.25, -0.2) is 0 Å². The second-order valence-corrected chi connectivity index (χ2v) is 7.97. The van der Waals surface area contributed by atoms with Crippen LogP contribution in [0.3, 0.4) is 0 Å². The number of methoxy groups -OCH3 is 2. The topological polar surface area (TPSA) is 50.8 Å². The minimum atomic E-state index is -0.221. The lowest BCUT2D eigenvalue weighted by Crippen LogP contribution is -2.29. The molecule has 31 heavy (non-hydrogen) atoms. The van der Waals surface area contributed by atoms with E-state index in [1.165, 1.54) is 30.9 Å². The zero-order valence-electron chi connectivity index (χ0n) is 17.7. The van der Waals surface area contributed by atoms with Crippen molar-refractivity contribution >= 4 is 23.2 Å². The second-order valence-electron chi connectivity index (χ2n) is 7.57. The Morgan fingerprint density at radius 3 is 2.42 bits per heavy atom. The summed E-state index contributed by atoms with van der Waals surface area (Å²) < 4.78 is 10.6. The van der Waals surface area contributed by atoms with Gasteiger partial charge in [-0.05, 0) is 35.2 Å². The number of rotatable bonds is 6. The van der Waals surface area contributed by atoms with Crippen molar-refractivity contribution in [2.75, 3.05) is 26.1 Å². The van der Waals surface area contributed by atoms with Crippen LogP contribution in [-0.4, -0.2) is 31.6 Å². The number of carbonyl (C=O) groups excluding carboxylic acids is 1. The maximum absolute atomic E-state index is 12.8. The molecule has 0 aromatic heterocycles. The zero-order valence-corrected chi connectivity index (χ0v) is 18.4. The minimum absolute atomic E-state index is 0.221. The van der Waals surface area contributed by atoms with E-state index in [9.17, 15) is 4.79 Å². The SMILES string of the molecule is COc1cc(NC(=O)c2ccc(CN3CCc4ccccc4C3)cc2)c(OC)cc1Cl. The van der Waals surface area contributed by atoms with E-state index in [0.717, 1.165) is 26.1 Å². The van der Waals surface area contributed by atoms with Gasteiger partial charge in [-0.3, -0.25) is 9.69 Å². The molecule has 0 radical (unpaired) electrons. The molecule has 0 bridgehead atoms. The van der Waals surface area contributed by atoms with Crippen LogP contribution >= 0.6 is 11.6 Å². The Bertz CT molecular complexity index is 1080. The van der Waals surface area contributed by atoms with E-state index in [-0.39, 0.29) is 5.91 Å². The Hall–Kier alpha value is -3.02. The molecule has 1 N–H and O–H groups in total. The number of amides is 1. The molecule has 4 rings (SSSR count). The molecule has 3 aromatic carbocycles. The van der Waals surface area contributed by atoms with Crippen LogP contribution in [0.1, 0.15) is 27.0 Å². The van der Waals surface area contributed by atoms with Gasteiger partial charge in [0.1, 0.15) is 11.5 Å². The van der Waals surface area contributed by atoms with Crippen molar-refractivity contribution in [2.45, 2.75) is 19.5 Å². The summed E-state index contributed by atoms with van der Waals surface area (Å²) in [5.41, 5.74) is 5.10. The molecule has 0 spiro atoms. The molecule has 0 saturated heterocycles. The average molecular weight is 437 g/mol. The molecule has 1 aliphatic rings. The van der Waals surface area contributed by atoms with Gasteiger partial charge >= 0.3 is 0 Å². The van der Waals surface area contributed by atoms with E-state index >= 15 is 0 Å². The molecule has 0 atom stereocenters. The summed E-state index contributed by atoms with van der Waals surface area (Å²) in [6.07, 6.45) is 1.07. The van der Waals surface area contributed by atoms with Crippen LogP contribution in [0.25, 0.3) is 0 Å². The van der Waals surface area contributed by atoms with Gasteiger partial charge in [0.05, 0.1) is 24.9 Å². The number of fused-ring (bicyclic) bond motifs is 1. The molecule has 6 heteroatoms. The van der Waals surface area contributed by atoms with E-state index < -0.39 is 0 Å². The third-order valence-corrected chi connectivity index (χ3v) is 5.85. The minimum Gasteiger partial charge on any atom is -0.495 e. The van der Waals surface area contributed by atoms with E-state index in [2.05, 4.69) is 34.5 Å². The fourth-order valence-electron chi connectivity index (χ4n) is 3.86. The third-order valence-electron chi connectivity index (χ3n) is 5.55. The summed E-state index contributed by atoms with van der Waals surface area (Å²) in [6.45, 7) is 2.85. The van der Waals surface area contributed by atoms with Crippen LogP contribution in [0.15, 0.2) is 60.7 Å². The molecule has 0 fully saturated rings. The number of nitrogens with zero attached hydrogens (tertiary/aromatic N) is 1. The largest absolute Gasteiger partial charge is 0.495 e. The van der Waals surface area contributed by atoms with Crippen molar-refractivity contribution in [3.63, 3.8) is 0 Å². The van der Waals surface area contributed by atoms with Gasteiger partial charge in [-0.2, -0.15) is 0 Å². The molecule has 0 unspecified atom stereocenters. The predicted molar refractivity (Wildman–Crippen MR) is 123 cm³/mol. The highest BCUT2D eigenvalue weighted by atomic mass is 35.5. The van der Waals surface area contributed by atoms with Gasteiger partial charge in [-0.1, -0.05) is 48.0 Å². The van der Waals surface area contributed by atoms with E-state index in [1.807, 2.05) is 24.3 Å². The summed E-state index contributed by atoms with van der Waals surface area (Å²) in [4.78, 5) is 15.2. The van der Waals surface area contributed by atoms with Crippen LogP contribution in [0, 0.1) is 0 Å². The second kappa shape index (κ2) is 9.41. The van der Waals surface area contributed by atoms with Crippen molar-refractivity contribution in [3.05, 3.63) is 87.9 Å². The molecule has 1 amide bonds. The number of halogens is 1. The first kappa shape index (κ1) is 21.2. The Labute approximate surface area is 187 Å². The quantitative estimate of drug-likeness (QED) is 0.579. The Kier molecular flexibility index (Phi) is 6.44. The normalized spacial score (nSPS) is 13.4. The number of hydrogen-bond acceptors (Lipinski definition) is 4. The van der Waals surface area contributed by atoms with Crippen molar-refractivity contribution < 1.29 is 14.3 Å². The molecule has 0 saturated carbocycles. The number of anilines is 1. The molecule has 1 aliphatic heterocycles. The van der Waals surface area contributed by atoms with E-state index in [1.54, 1.807) is 12.1 Å². The van der Waals surface area contributed by atoms with Gasteiger partial charge in [0.15, 0.2) is 0 Å². The van der Waals surface area contributed by atoms with Crippen molar-refractivity contribution in [1.29, 1.82) is 0 Å². The highest BCUT2D eigenvalue weighted by molar-refractivity contribution is 6.32. The number of carbonyl (C=O) groups is 1. The molecular weight excluding hydrogens is 412 g/mol. The van der Waals surface area contributed by atoms with Crippen molar-refractivity contribution in [3.8, 4) is 11.5 Å². The third kappa shape index (κ3) is 4.84. The summed E-state index contributed by atoms with van der Waals surface area (Å²) in [7, 11) is 3.06. The van der Waals surface area contributed by atoms with Crippen LogP contribution in [-0.2, 0) is 19.5 Å². The van der Waals surface area contributed by atoms with Gasteiger partial charge in [0.2, 0.25) is 0 Å². The van der Waals surface area contributed by atoms with E-state index in [4.69, 9.17) is 21.1 Å². The molecule has 3 aromatic rings. The number of benzene rings is 3. The van der Waals surface area contributed by atoms with Gasteiger partial charge < -0.3 is 14.8 Å². The van der Waals surface area contributed by atoms with Gasteiger partial charge in [0, 0.05) is 37.3 Å². The molecule has 1 heterocycles. The van der Waals surface area contributed by atoms with Crippen LogP contribution < -0.4 is 14.8 Å². The van der Waals surface area contributed by atoms with E-state index in [0.29, 0.717) is 27.8 Å². The van der Waals surface area contributed by atoms with Crippen LogP contribution in [0.4, 0.5) is 5.69 Å². The molecular formula is C25H25ClN2O3. The van der Waals surface area contributed by atoms with Crippen LogP contribution in [0.2, 0.25) is 5.02 Å². The smallest absolute Gasteiger partial charge is 0.255 e. The Balaban J connectivity index is 1.42. The maximum Gasteiger partial charge on any atom is 0.255 e. The first-order valence-corrected chi connectivity index (χ1v) is 10.6. The highest BCUT2D eigenvalue weighted by Crippen LogP contribution is 2.36. The lowest BCUT2D eigenvalue weighted by Gasteiger charge is -2.28. The van der Waals surface area contributed by atoms with Crippen LogP contribution in [0.5, 0.6) is 11.5 Å². The molecule has 0 aliphatic carbocycles. The first-order valence-electron chi connectivity index (χ1n) is 10.2. The first-order chi connectivity index (χ1) is 15.1. The molecule has 160 valence electrons. The monoisotopic (exact) mass is 436 g/mol. The van der Waals surface area contributed by atoms with Crippen molar-refractivity contribution in [2.24, 2.45) is 0 Å². The zero-order chi connectivity index (χ0) is 21.8. The molecule has 5 nitrogen and oxygen atoms in total. The summed E-state index contributed by atoms with van der Waals surface area (Å²) in [6, 6.07) is 19.6. The summed E-state index contributed by atoms with van der Waals surface area (Å²) in [5.74, 6) is 0.721. The fourth-order valence-corrected chi connectivity index (χ4v) is 4.09. The van der Waals surface area contributed by atoms with Crippen molar-refractivity contribution in [1.82, 2.24) is 4.90 Å². The number of nitrogens with one attached hydrogen (secondary N) is 1. The van der Waals surface area contributed by atoms with Gasteiger partial charge in [-0.15, -0.1) is 0 Å². The standard InChI is InChI=1S/C25H25ClN2O3/c1-30-23-14-22(24(31-2)13-21(23)26)27-25(29)19-9-7-17(8-10-19)15-28-12-11-18-5-3-4-6-20(18)16-28/h3-10,13-14H,11-12,15-16H2,1-2H3,(H,27,29). The Morgan fingerprint density at radius 1 is 1.00 bits per heavy atom. The summed E-state index contributed by atoms with van der Waals surface area (Å²) >= 11 is 6.14. The summed E-state index contributed by atoms with van der Waals surface area (Å²) in [5, 5.41) is 3.30. The average Bonchev–Trinajstić information content (AvgIpc) is 2.80. The fraction of sp³-hybridized carbons (Fsp3) is 0.240. The Morgan fingerprint density at radius 2 is 1.71 bits per heavy atom.